The molecule has 0 spiro atoms. The van der Waals surface area contributed by atoms with E-state index >= 15 is 0 Å². The molecule has 1 aliphatic heterocycles. The van der Waals surface area contributed by atoms with Crippen LogP contribution < -0.4 is 14.5 Å². The van der Waals surface area contributed by atoms with E-state index < -0.39 is 6.09 Å². The maximum absolute atomic E-state index is 11.7. The number of ether oxygens (including phenoxy) is 1. The Bertz CT molecular complexity index is 1030. The predicted octanol–water partition coefficient (Wildman–Crippen LogP) is 3.11. The summed E-state index contributed by atoms with van der Waals surface area (Å²) in [6.07, 6.45) is 4.19. The van der Waals surface area contributed by atoms with Crippen LogP contribution in [0.3, 0.4) is 0 Å². The number of aromatic nitrogens is 4. The molecule has 9 heteroatoms. The molecule has 0 saturated carbocycles. The van der Waals surface area contributed by atoms with Gasteiger partial charge in [-0.25, -0.2) is 14.7 Å². The summed E-state index contributed by atoms with van der Waals surface area (Å²) in [5.74, 6) is 1.74. The number of benzene rings is 1. The highest BCUT2D eigenvalue weighted by Crippen LogP contribution is 2.36. The average molecular weight is 382 g/mol. The van der Waals surface area contributed by atoms with E-state index in [1.165, 1.54) is 10.5 Å². The summed E-state index contributed by atoms with van der Waals surface area (Å²) in [6, 6.07) is 5.72. The van der Waals surface area contributed by atoms with Crippen LogP contribution in [-0.2, 0) is 6.42 Å². The lowest BCUT2D eigenvalue weighted by Crippen LogP contribution is -2.37. The van der Waals surface area contributed by atoms with Crippen molar-refractivity contribution >= 4 is 29.2 Å². The van der Waals surface area contributed by atoms with Gasteiger partial charge >= 0.3 is 6.09 Å². The average Bonchev–Trinajstić information content (AvgIpc) is 3.10. The molecule has 3 heterocycles. The maximum Gasteiger partial charge on any atom is 0.414 e. The standard InChI is InChI=1S/C19H22N6O3/c1-12(2)25(19(26)27)18-22-21-17-16(20-8-10-24(17)18)23-9-4-5-13-11-14(28-3)6-7-15(13)23/h6-8,10-12H,4-5,9H2,1-3H3,(H,26,27). The molecule has 3 aromatic rings. The quantitative estimate of drug-likeness (QED) is 0.740. The molecule has 28 heavy (non-hydrogen) atoms. The number of rotatable bonds is 4. The van der Waals surface area contributed by atoms with Crippen molar-refractivity contribution in [3.8, 4) is 5.75 Å². The van der Waals surface area contributed by atoms with Crippen LogP contribution in [0.4, 0.5) is 22.2 Å². The molecule has 0 fully saturated rings. The van der Waals surface area contributed by atoms with Crippen LogP contribution in [0.15, 0.2) is 30.6 Å². The summed E-state index contributed by atoms with van der Waals surface area (Å²) in [7, 11) is 1.66. The van der Waals surface area contributed by atoms with Gasteiger partial charge in [0.15, 0.2) is 5.82 Å². The first-order chi connectivity index (χ1) is 13.5. The fourth-order valence-corrected chi connectivity index (χ4v) is 3.61. The molecule has 4 rings (SSSR count). The smallest absolute Gasteiger partial charge is 0.414 e. The van der Waals surface area contributed by atoms with E-state index in [0.29, 0.717) is 11.5 Å². The molecule has 0 saturated heterocycles. The van der Waals surface area contributed by atoms with E-state index in [9.17, 15) is 9.90 Å². The molecule has 2 aromatic heterocycles. The third-order valence-electron chi connectivity index (χ3n) is 4.89. The second-order valence-electron chi connectivity index (χ2n) is 6.94. The number of anilines is 3. The monoisotopic (exact) mass is 382 g/mol. The topological polar surface area (TPSA) is 96.1 Å². The Balaban J connectivity index is 1.83. The summed E-state index contributed by atoms with van der Waals surface area (Å²) >= 11 is 0. The van der Waals surface area contributed by atoms with E-state index in [-0.39, 0.29) is 12.0 Å². The summed E-state index contributed by atoms with van der Waals surface area (Å²) in [6.45, 7) is 4.39. The van der Waals surface area contributed by atoms with Crippen LogP contribution in [-0.4, -0.2) is 50.5 Å². The number of amides is 1. The molecule has 1 aliphatic rings. The lowest BCUT2D eigenvalue weighted by atomic mass is 10.0. The molecule has 1 N–H and O–H groups in total. The van der Waals surface area contributed by atoms with Gasteiger partial charge in [0.2, 0.25) is 11.6 Å². The number of hydrogen-bond acceptors (Lipinski definition) is 6. The zero-order valence-electron chi connectivity index (χ0n) is 16.0. The van der Waals surface area contributed by atoms with E-state index in [0.717, 1.165) is 30.8 Å². The number of carboxylic acid groups (broad SMARTS) is 1. The third-order valence-corrected chi connectivity index (χ3v) is 4.89. The fourth-order valence-electron chi connectivity index (χ4n) is 3.61. The van der Waals surface area contributed by atoms with Crippen LogP contribution in [0.5, 0.6) is 5.75 Å². The number of carbonyl (C=O) groups is 1. The van der Waals surface area contributed by atoms with Crippen molar-refractivity contribution in [3.05, 3.63) is 36.2 Å². The second-order valence-corrected chi connectivity index (χ2v) is 6.94. The van der Waals surface area contributed by atoms with Gasteiger partial charge in [0.1, 0.15) is 5.75 Å². The number of hydrogen-bond donors (Lipinski definition) is 1. The normalized spacial score (nSPS) is 13.6. The van der Waals surface area contributed by atoms with Gasteiger partial charge in [-0.15, -0.1) is 10.2 Å². The van der Waals surface area contributed by atoms with Gasteiger partial charge in [0, 0.05) is 30.7 Å². The Morgan fingerprint density at radius 3 is 2.86 bits per heavy atom. The number of methoxy groups -OCH3 is 1. The first-order valence-corrected chi connectivity index (χ1v) is 9.17. The van der Waals surface area contributed by atoms with Gasteiger partial charge in [-0.1, -0.05) is 0 Å². The van der Waals surface area contributed by atoms with Crippen molar-refractivity contribution in [3.63, 3.8) is 0 Å². The summed E-state index contributed by atoms with van der Waals surface area (Å²) < 4.78 is 7.02. The van der Waals surface area contributed by atoms with Crippen LogP contribution >= 0.6 is 0 Å². The lowest BCUT2D eigenvalue weighted by Gasteiger charge is -2.30. The molecule has 0 aliphatic carbocycles. The third kappa shape index (κ3) is 2.88. The fraction of sp³-hybridized carbons (Fsp3) is 0.368. The zero-order valence-corrected chi connectivity index (χ0v) is 16.0. The van der Waals surface area contributed by atoms with Gasteiger partial charge in [-0.05, 0) is 50.5 Å². The summed E-state index contributed by atoms with van der Waals surface area (Å²) in [5, 5.41) is 18.0. The Hall–Kier alpha value is -3.36. The summed E-state index contributed by atoms with van der Waals surface area (Å²) in [5.41, 5.74) is 2.76. The minimum atomic E-state index is -1.07. The predicted molar refractivity (Wildman–Crippen MR) is 105 cm³/mol. The van der Waals surface area contributed by atoms with E-state index in [1.807, 2.05) is 18.2 Å². The SMILES string of the molecule is COc1ccc2c(c1)CCCN2c1nccn2c(N(C(=O)O)C(C)C)nnc12. The van der Waals surface area contributed by atoms with Crippen LogP contribution in [0.1, 0.15) is 25.8 Å². The Labute approximate surface area is 162 Å². The first kappa shape index (κ1) is 18.0. The van der Waals surface area contributed by atoms with Gasteiger partial charge in [0.05, 0.1) is 7.11 Å². The van der Waals surface area contributed by atoms with Crippen molar-refractivity contribution in [1.82, 2.24) is 19.6 Å². The first-order valence-electron chi connectivity index (χ1n) is 9.17. The molecule has 0 unspecified atom stereocenters. The van der Waals surface area contributed by atoms with Gasteiger partial charge in [-0.3, -0.25) is 4.40 Å². The van der Waals surface area contributed by atoms with Crippen molar-refractivity contribution in [2.45, 2.75) is 32.7 Å². The Morgan fingerprint density at radius 2 is 2.14 bits per heavy atom. The number of aryl methyl sites for hydroxylation is 1. The summed E-state index contributed by atoms with van der Waals surface area (Å²) in [4.78, 5) is 19.5. The van der Waals surface area contributed by atoms with Crippen LogP contribution in [0, 0.1) is 0 Å². The number of fused-ring (bicyclic) bond motifs is 2. The Kier molecular flexibility index (Phi) is 4.50. The van der Waals surface area contributed by atoms with Gasteiger partial charge in [-0.2, -0.15) is 0 Å². The Morgan fingerprint density at radius 1 is 1.32 bits per heavy atom. The largest absolute Gasteiger partial charge is 0.497 e. The lowest BCUT2D eigenvalue weighted by molar-refractivity contribution is 0.199. The maximum atomic E-state index is 11.7. The minimum Gasteiger partial charge on any atom is -0.497 e. The molecular formula is C19H22N6O3. The van der Waals surface area contributed by atoms with E-state index in [1.54, 1.807) is 37.8 Å². The van der Waals surface area contributed by atoms with Crippen molar-refractivity contribution in [2.24, 2.45) is 0 Å². The van der Waals surface area contributed by atoms with Gasteiger partial charge in [0.25, 0.3) is 0 Å². The van der Waals surface area contributed by atoms with Crippen molar-refractivity contribution < 1.29 is 14.6 Å². The van der Waals surface area contributed by atoms with E-state index in [2.05, 4.69) is 20.1 Å². The second kappa shape index (κ2) is 6.99. The molecule has 9 nitrogen and oxygen atoms in total. The molecular weight excluding hydrogens is 360 g/mol. The molecule has 0 radical (unpaired) electrons. The molecule has 1 aromatic carbocycles. The van der Waals surface area contributed by atoms with Crippen molar-refractivity contribution in [2.75, 3.05) is 23.5 Å². The molecule has 146 valence electrons. The number of nitrogens with zero attached hydrogens (tertiary/aromatic N) is 6. The van der Waals surface area contributed by atoms with Gasteiger partial charge < -0.3 is 14.7 Å². The highest BCUT2D eigenvalue weighted by Gasteiger charge is 2.27. The highest BCUT2D eigenvalue weighted by molar-refractivity contribution is 5.85. The van der Waals surface area contributed by atoms with Crippen molar-refractivity contribution in [1.29, 1.82) is 0 Å². The zero-order chi connectivity index (χ0) is 19.8. The highest BCUT2D eigenvalue weighted by atomic mass is 16.5. The molecule has 0 atom stereocenters. The van der Waals surface area contributed by atoms with Crippen LogP contribution in [0.25, 0.3) is 5.65 Å². The van der Waals surface area contributed by atoms with Crippen LogP contribution in [0.2, 0.25) is 0 Å². The molecule has 0 bridgehead atoms. The van der Waals surface area contributed by atoms with E-state index in [4.69, 9.17) is 4.74 Å². The molecule has 1 amide bonds. The minimum absolute atomic E-state index is 0.258.